The lowest BCUT2D eigenvalue weighted by atomic mass is 10.1. The zero-order chi connectivity index (χ0) is 14.8. The minimum atomic E-state index is 0.0260. The van der Waals surface area contributed by atoms with E-state index in [-0.39, 0.29) is 5.78 Å². The van der Waals surface area contributed by atoms with Crippen LogP contribution in [0, 0.1) is 0 Å². The summed E-state index contributed by atoms with van der Waals surface area (Å²) in [7, 11) is 0. The van der Waals surface area contributed by atoms with Crippen molar-refractivity contribution in [3.8, 4) is 16.9 Å². The van der Waals surface area contributed by atoms with Gasteiger partial charge in [0.25, 0.3) is 0 Å². The van der Waals surface area contributed by atoms with Gasteiger partial charge in [0.2, 0.25) is 0 Å². The smallest absolute Gasteiger partial charge is 0.159 e. The molecule has 0 amide bonds. The van der Waals surface area contributed by atoms with E-state index in [4.69, 9.17) is 5.73 Å². The van der Waals surface area contributed by atoms with Gasteiger partial charge in [-0.3, -0.25) is 4.79 Å². The first-order chi connectivity index (χ1) is 10.2. The molecule has 0 spiro atoms. The number of Topliss-reactive ketones (excluding diaryl/α,β-unsaturated/α-hetero) is 1. The van der Waals surface area contributed by atoms with E-state index in [1.165, 1.54) is 6.92 Å². The van der Waals surface area contributed by atoms with Crippen molar-refractivity contribution in [1.82, 2.24) is 15.0 Å². The Morgan fingerprint density at radius 3 is 2.33 bits per heavy atom. The van der Waals surface area contributed by atoms with Crippen LogP contribution >= 0.6 is 0 Å². The van der Waals surface area contributed by atoms with E-state index in [0.29, 0.717) is 17.1 Å². The maximum absolute atomic E-state index is 11.3. The second kappa shape index (κ2) is 5.20. The molecule has 5 heteroatoms. The van der Waals surface area contributed by atoms with Gasteiger partial charge in [0, 0.05) is 11.1 Å². The summed E-state index contributed by atoms with van der Waals surface area (Å²) in [6, 6.07) is 16.8. The second-order valence-electron chi connectivity index (χ2n) is 4.70. The molecule has 21 heavy (non-hydrogen) atoms. The maximum atomic E-state index is 11.3. The van der Waals surface area contributed by atoms with Gasteiger partial charge in [0.1, 0.15) is 5.69 Å². The number of nitrogen functional groups attached to an aromatic ring is 1. The maximum Gasteiger partial charge on any atom is 0.159 e. The Bertz CT molecular complexity index is 776. The van der Waals surface area contributed by atoms with Crippen LogP contribution in [0.4, 0.5) is 5.82 Å². The highest BCUT2D eigenvalue weighted by Gasteiger charge is 2.12. The number of hydrogen-bond acceptors (Lipinski definition) is 4. The van der Waals surface area contributed by atoms with Crippen LogP contribution in [0.5, 0.6) is 0 Å². The topological polar surface area (TPSA) is 73.8 Å². The molecule has 1 aromatic heterocycles. The van der Waals surface area contributed by atoms with Gasteiger partial charge in [0.05, 0.1) is 5.69 Å². The molecule has 1 heterocycles. The first-order valence-corrected chi connectivity index (χ1v) is 6.55. The van der Waals surface area contributed by atoms with E-state index in [9.17, 15) is 4.79 Å². The van der Waals surface area contributed by atoms with E-state index in [1.54, 1.807) is 28.9 Å². The number of aromatic nitrogens is 3. The van der Waals surface area contributed by atoms with Crippen LogP contribution in [-0.4, -0.2) is 20.8 Å². The van der Waals surface area contributed by atoms with Crippen molar-refractivity contribution < 1.29 is 4.79 Å². The van der Waals surface area contributed by atoms with Crippen LogP contribution in [-0.2, 0) is 0 Å². The first-order valence-electron chi connectivity index (χ1n) is 6.55. The average Bonchev–Trinajstić information content (AvgIpc) is 2.90. The van der Waals surface area contributed by atoms with E-state index in [0.717, 1.165) is 11.3 Å². The van der Waals surface area contributed by atoms with E-state index in [1.807, 2.05) is 30.3 Å². The van der Waals surface area contributed by atoms with E-state index < -0.39 is 0 Å². The lowest BCUT2D eigenvalue weighted by Gasteiger charge is -2.04. The van der Waals surface area contributed by atoms with Crippen LogP contribution in [0.1, 0.15) is 17.3 Å². The van der Waals surface area contributed by atoms with Gasteiger partial charge in [0.15, 0.2) is 11.6 Å². The zero-order valence-electron chi connectivity index (χ0n) is 11.5. The number of nitrogens with two attached hydrogens (primary N) is 1. The summed E-state index contributed by atoms with van der Waals surface area (Å²) in [6.07, 6.45) is 0. The van der Waals surface area contributed by atoms with Crippen molar-refractivity contribution >= 4 is 11.6 Å². The Morgan fingerprint density at radius 1 is 1.05 bits per heavy atom. The summed E-state index contributed by atoms with van der Waals surface area (Å²) in [5, 5.41) is 8.23. The number of carbonyl (C=O) groups excluding carboxylic acids is 1. The van der Waals surface area contributed by atoms with Crippen molar-refractivity contribution in [2.45, 2.75) is 6.92 Å². The number of hydrogen-bond donors (Lipinski definition) is 1. The van der Waals surface area contributed by atoms with E-state index >= 15 is 0 Å². The highest BCUT2D eigenvalue weighted by atomic mass is 16.1. The third kappa shape index (κ3) is 2.41. The highest BCUT2D eigenvalue weighted by molar-refractivity contribution is 5.94. The predicted molar refractivity (Wildman–Crippen MR) is 81.2 cm³/mol. The predicted octanol–water partition coefficient (Wildman–Crippen LogP) is 2.72. The van der Waals surface area contributed by atoms with Crippen LogP contribution in [0.15, 0.2) is 54.6 Å². The average molecular weight is 278 g/mol. The lowest BCUT2D eigenvalue weighted by molar-refractivity contribution is 0.101. The third-order valence-corrected chi connectivity index (χ3v) is 3.27. The number of rotatable bonds is 3. The zero-order valence-corrected chi connectivity index (χ0v) is 11.5. The lowest BCUT2D eigenvalue weighted by Crippen LogP contribution is -2.03. The molecule has 0 atom stereocenters. The Hall–Kier alpha value is -2.95. The largest absolute Gasteiger partial charge is 0.382 e. The molecule has 0 aliphatic rings. The van der Waals surface area contributed by atoms with E-state index in [2.05, 4.69) is 10.3 Å². The Labute approximate surface area is 122 Å². The molecule has 0 unspecified atom stereocenters. The summed E-state index contributed by atoms with van der Waals surface area (Å²) < 4.78 is 1.56. The monoisotopic (exact) mass is 278 g/mol. The fourth-order valence-electron chi connectivity index (χ4n) is 2.12. The van der Waals surface area contributed by atoms with Crippen LogP contribution < -0.4 is 5.73 Å². The molecule has 2 aromatic carbocycles. The Kier molecular flexibility index (Phi) is 3.23. The quantitative estimate of drug-likeness (QED) is 0.747. The van der Waals surface area contributed by atoms with Crippen LogP contribution in [0.25, 0.3) is 16.9 Å². The van der Waals surface area contributed by atoms with Gasteiger partial charge in [-0.15, -0.1) is 5.10 Å². The van der Waals surface area contributed by atoms with Gasteiger partial charge in [-0.25, -0.2) is 0 Å². The summed E-state index contributed by atoms with van der Waals surface area (Å²) in [6.45, 7) is 1.53. The molecule has 0 saturated heterocycles. The molecule has 0 saturated carbocycles. The molecule has 0 bridgehead atoms. The number of nitrogens with zero attached hydrogens (tertiary/aromatic N) is 3. The number of ketones is 1. The number of benzene rings is 2. The molecule has 0 fully saturated rings. The summed E-state index contributed by atoms with van der Waals surface area (Å²) in [5.41, 5.74) is 9.12. The molecule has 3 aromatic rings. The standard InChI is InChI=1S/C16H14N4O/c1-11(21)12-7-9-14(10-8-12)20-16(17)15(18-19-20)13-5-3-2-4-6-13/h2-10H,17H2,1H3. The first kappa shape index (κ1) is 13.1. The van der Waals surface area contributed by atoms with Crippen molar-refractivity contribution in [3.63, 3.8) is 0 Å². The minimum absolute atomic E-state index is 0.0260. The molecule has 0 aliphatic carbocycles. The van der Waals surface area contributed by atoms with Crippen molar-refractivity contribution in [2.24, 2.45) is 0 Å². The molecular formula is C16H14N4O. The SMILES string of the molecule is CC(=O)c1ccc(-n2nnc(-c3ccccc3)c2N)cc1. The summed E-state index contributed by atoms with van der Waals surface area (Å²) >= 11 is 0. The van der Waals surface area contributed by atoms with Crippen LogP contribution in [0.2, 0.25) is 0 Å². The van der Waals surface area contributed by atoms with Crippen molar-refractivity contribution in [2.75, 3.05) is 5.73 Å². The summed E-state index contributed by atoms with van der Waals surface area (Å²) in [4.78, 5) is 11.3. The Balaban J connectivity index is 2.01. The van der Waals surface area contributed by atoms with Crippen LogP contribution in [0.3, 0.4) is 0 Å². The highest BCUT2D eigenvalue weighted by Crippen LogP contribution is 2.24. The van der Waals surface area contributed by atoms with Crippen molar-refractivity contribution in [1.29, 1.82) is 0 Å². The molecule has 0 radical (unpaired) electrons. The molecule has 104 valence electrons. The minimum Gasteiger partial charge on any atom is -0.382 e. The molecular weight excluding hydrogens is 264 g/mol. The number of anilines is 1. The fraction of sp³-hybridized carbons (Fsp3) is 0.0625. The van der Waals surface area contributed by atoms with Crippen molar-refractivity contribution in [3.05, 3.63) is 60.2 Å². The number of carbonyl (C=O) groups is 1. The molecule has 3 rings (SSSR count). The van der Waals surface area contributed by atoms with Gasteiger partial charge >= 0.3 is 0 Å². The third-order valence-electron chi connectivity index (χ3n) is 3.27. The Morgan fingerprint density at radius 2 is 1.71 bits per heavy atom. The fourth-order valence-corrected chi connectivity index (χ4v) is 2.12. The van der Waals surface area contributed by atoms with Gasteiger partial charge in [-0.1, -0.05) is 35.5 Å². The van der Waals surface area contributed by atoms with Gasteiger partial charge in [-0.05, 0) is 31.2 Å². The molecule has 2 N–H and O–H groups in total. The second-order valence-corrected chi connectivity index (χ2v) is 4.70. The molecule has 0 aliphatic heterocycles. The van der Waals surface area contributed by atoms with Gasteiger partial charge in [-0.2, -0.15) is 4.68 Å². The molecule has 5 nitrogen and oxygen atoms in total. The normalized spacial score (nSPS) is 10.5. The summed E-state index contributed by atoms with van der Waals surface area (Å²) in [5.74, 6) is 0.495. The van der Waals surface area contributed by atoms with Gasteiger partial charge < -0.3 is 5.73 Å².